The van der Waals surface area contributed by atoms with Gasteiger partial charge in [-0.1, -0.05) is 32.3 Å². The Morgan fingerprint density at radius 3 is 2.50 bits per heavy atom. The molecule has 0 aromatic carbocycles. The highest BCUT2D eigenvalue weighted by Gasteiger charge is 2.17. The molecule has 1 aromatic heterocycles. The monoisotopic (exact) mass is 471 g/mol. The summed E-state index contributed by atoms with van der Waals surface area (Å²) in [5, 5.41) is 6.98. The standard InChI is InChI=1S/C20H33N5.HI/c1-16-10-12-25(13-11-16)19-9-8-17(14-22-19)15-23-20(21-2)24-18-6-4-3-5-7-18;/h8-9,14,16,18H,3-7,10-13,15H2,1-2H3,(H2,21,23,24);1H. The fraction of sp³-hybridized carbons (Fsp3) is 0.700. The average molecular weight is 471 g/mol. The van der Waals surface area contributed by atoms with Gasteiger partial charge in [0.2, 0.25) is 0 Å². The van der Waals surface area contributed by atoms with Gasteiger partial charge in [-0.25, -0.2) is 4.98 Å². The quantitative estimate of drug-likeness (QED) is 0.397. The molecular weight excluding hydrogens is 437 g/mol. The first-order valence-electron chi connectivity index (χ1n) is 9.91. The van der Waals surface area contributed by atoms with Crippen LogP contribution in [0.2, 0.25) is 0 Å². The maximum absolute atomic E-state index is 4.67. The second-order valence-electron chi connectivity index (χ2n) is 7.60. The SMILES string of the molecule is CN=C(NCc1ccc(N2CCC(C)CC2)nc1)NC1CCCCC1.I. The van der Waals surface area contributed by atoms with E-state index in [4.69, 9.17) is 0 Å². The second-order valence-corrected chi connectivity index (χ2v) is 7.60. The van der Waals surface area contributed by atoms with Crippen LogP contribution in [0.15, 0.2) is 23.3 Å². The lowest BCUT2D eigenvalue weighted by Crippen LogP contribution is -2.43. The molecule has 3 rings (SSSR count). The lowest BCUT2D eigenvalue weighted by atomic mass is 9.96. The number of hydrogen-bond donors (Lipinski definition) is 2. The van der Waals surface area contributed by atoms with E-state index in [0.29, 0.717) is 6.04 Å². The van der Waals surface area contributed by atoms with Crippen LogP contribution in [0, 0.1) is 5.92 Å². The number of anilines is 1. The summed E-state index contributed by atoms with van der Waals surface area (Å²) in [6, 6.07) is 4.91. The molecule has 0 amide bonds. The van der Waals surface area contributed by atoms with Gasteiger partial charge in [-0.3, -0.25) is 4.99 Å². The summed E-state index contributed by atoms with van der Waals surface area (Å²) in [6.07, 6.45) is 11.1. The summed E-state index contributed by atoms with van der Waals surface area (Å²) in [4.78, 5) is 11.4. The topological polar surface area (TPSA) is 52.6 Å². The summed E-state index contributed by atoms with van der Waals surface area (Å²) in [6.45, 7) is 5.36. The van der Waals surface area contributed by atoms with Crippen LogP contribution >= 0.6 is 24.0 Å². The number of rotatable bonds is 4. The van der Waals surface area contributed by atoms with Gasteiger partial charge < -0.3 is 15.5 Å². The van der Waals surface area contributed by atoms with E-state index >= 15 is 0 Å². The van der Waals surface area contributed by atoms with Gasteiger partial charge in [0, 0.05) is 38.9 Å². The van der Waals surface area contributed by atoms with Crippen LogP contribution in [0.4, 0.5) is 5.82 Å². The van der Waals surface area contributed by atoms with Gasteiger partial charge >= 0.3 is 0 Å². The molecule has 0 spiro atoms. The number of nitrogens with one attached hydrogen (secondary N) is 2. The molecule has 146 valence electrons. The zero-order valence-electron chi connectivity index (χ0n) is 16.2. The molecule has 1 aromatic rings. The van der Waals surface area contributed by atoms with Crippen molar-refractivity contribution >= 4 is 35.8 Å². The van der Waals surface area contributed by atoms with Gasteiger partial charge in [-0.15, -0.1) is 24.0 Å². The van der Waals surface area contributed by atoms with Crippen molar-refractivity contribution in [1.82, 2.24) is 15.6 Å². The van der Waals surface area contributed by atoms with Gasteiger partial charge in [0.15, 0.2) is 5.96 Å². The highest BCUT2D eigenvalue weighted by molar-refractivity contribution is 14.0. The zero-order valence-corrected chi connectivity index (χ0v) is 18.5. The molecule has 1 aliphatic heterocycles. The molecule has 0 bridgehead atoms. The molecule has 1 saturated carbocycles. The van der Waals surface area contributed by atoms with Gasteiger partial charge in [0.1, 0.15) is 5.82 Å². The fourth-order valence-corrected chi connectivity index (χ4v) is 3.77. The molecule has 5 nitrogen and oxygen atoms in total. The smallest absolute Gasteiger partial charge is 0.191 e. The predicted octanol–water partition coefficient (Wildman–Crippen LogP) is 3.93. The number of halogens is 1. The van der Waals surface area contributed by atoms with Gasteiger partial charge in [-0.2, -0.15) is 0 Å². The van der Waals surface area contributed by atoms with E-state index in [2.05, 4.69) is 44.6 Å². The van der Waals surface area contributed by atoms with Gasteiger partial charge in [0.25, 0.3) is 0 Å². The Morgan fingerprint density at radius 1 is 1.15 bits per heavy atom. The van der Waals surface area contributed by atoms with E-state index in [-0.39, 0.29) is 24.0 Å². The number of guanidine groups is 1. The molecule has 2 aliphatic rings. The normalized spacial score (nSPS) is 19.8. The fourth-order valence-electron chi connectivity index (χ4n) is 3.77. The maximum Gasteiger partial charge on any atom is 0.191 e. The summed E-state index contributed by atoms with van der Waals surface area (Å²) in [7, 11) is 1.84. The molecule has 2 fully saturated rings. The van der Waals surface area contributed by atoms with Crippen molar-refractivity contribution in [1.29, 1.82) is 0 Å². The number of piperidine rings is 1. The highest BCUT2D eigenvalue weighted by Crippen LogP contribution is 2.21. The van der Waals surface area contributed by atoms with Crippen LogP contribution in [0.5, 0.6) is 0 Å². The summed E-state index contributed by atoms with van der Waals surface area (Å²) in [5.41, 5.74) is 1.20. The van der Waals surface area contributed by atoms with Crippen molar-refractivity contribution in [2.24, 2.45) is 10.9 Å². The van der Waals surface area contributed by atoms with Crippen molar-refractivity contribution in [3.63, 3.8) is 0 Å². The number of hydrogen-bond acceptors (Lipinski definition) is 3. The van der Waals surface area contributed by atoms with Crippen LogP contribution in [0.25, 0.3) is 0 Å². The first-order valence-corrected chi connectivity index (χ1v) is 9.91. The Kier molecular flexibility index (Phi) is 8.95. The molecule has 26 heavy (non-hydrogen) atoms. The average Bonchev–Trinajstić information content (AvgIpc) is 2.67. The molecule has 6 heteroatoms. The number of nitrogens with zero attached hydrogens (tertiary/aromatic N) is 3. The number of aliphatic imine (C=N–C) groups is 1. The minimum absolute atomic E-state index is 0. The maximum atomic E-state index is 4.67. The Balaban J connectivity index is 0.00000243. The van der Waals surface area contributed by atoms with Crippen molar-refractivity contribution < 1.29 is 0 Å². The third-order valence-corrected chi connectivity index (χ3v) is 5.55. The molecular formula is C20H34IN5. The van der Waals surface area contributed by atoms with E-state index < -0.39 is 0 Å². The number of pyridine rings is 1. The Hall–Kier alpha value is -1.05. The van der Waals surface area contributed by atoms with Crippen molar-refractivity contribution in [2.45, 2.75) is 64.5 Å². The van der Waals surface area contributed by atoms with Gasteiger partial charge in [-0.05, 0) is 43.2 Å². The number of aromatic nitrogens is 1. The molecule has 1 aliphatic carbocycles. The van der Waals surface area contributed by atoms with E-state index in [1.165, 1.54) is 50.5 Å². The van der Waals surface area contributed by atoms with Gasteiger partial charge in [0.05, 0.1) is 0 Å². The third kappa shape index (κ3) is 6.28. The molecule has 0 radical (unpaired) electrons. The van der Waals surface area contributed by atoms with Crippen LogP contribution in [0.3, 0.4) is 0 Å². The van der Waals surface area contributed by atoms with Crippen LogP contribution < -0.4 is 15.5 Å². The van der Waals surface area contributed by atoms with E-state index in [1.807, 2.05) is 13.2 Å². The van der Waals surface area contributed by atoms with Crippen molar-refractivity contribution in [2.75, 3.05) is 25.0 Å². The van der Waals surface area contributed by atoms with Crippen molar-refractivity contribution in [3.8, 4) is 0 Å². The van der Waals surface area contributed by atoms with E-state index in [0.717, 1.165) is 37.3 Å². The first kappa shape index (κ1) is 21.3. The van der Waals surface area contributed by atoms with Crippen LogP contribution in [-0.2, 0) is 6.54 Å². The summed E-state index contributed by atoms with van der Waals surface area (Å²) >= 11 is 0. The highest BCUT2D eigenvalue weighted by atomic mass is 127. The molecule has 1 saturated heterocycles. The summed E-state index contributed by atoms with van der Waals surface area (Å²) in [5.74, 6) is 2.87. The molecule has 2 N–H and O–H groups in total. The summed E-state index contributed by atoms with van der Waals surface area (Å²) < 4.78 is 0. The zero-order chi connectivity index (χ0) is 17.5. The Bertz CT molecular complexity index is 546. The molecule has 2 heterocycles. The molecule has 0 unspecified atom stereocenters. The minimum atomic E-state index is 0. The van der Waals surface area contributed by atoms with Crippen LogP contribution in [0.1, 0.15) is 57.4 Å². The Labute approximate surface area is 175 Å². The van der Waals surface area contributed by atoms with Crippen molar-refractivity contribution in [3.05, 3.63) is 23.9 Å². The minimum Gasteiger partial charge on any atom is -0.357 e. The predicted molar refractivity (Wildman–Crippen MR) is 120 cm³/mol. The van der Waals surface area contributed by atoms with Crippen LogP contribution in [-0.4, -0.2) is 37.1 Å². The van der Waals surface area contributed by atoms with E-state index in [1.54, 1.807) is 0 Å². The van der Waals surface area contributed by atoms with E-state index in [9.17, 15) is 0 Å². The second kappa shape index (κ2) is 10.9. The Morgan fingerprint density at radius 2 is 1.88 bits per heavy atom. The third-order valence-electron chi connectivity index (χ3n) is 5.55. The largest absolute Gasteiger partial charge is 0.357 e. The lowest BCUT2D eigenvalue weighted by Gasteiger charge is -2.31. The first-order chi connectivity index (χ1) is 12.2. The molecule has 0 atom stereocenters. The lowest BCUT2D eigenvalue weighted by molar-refractivity contribution is 0.410.